The van der Waals surface area contributed by atoms with Gasteiger partial charge in [0.2, 0.25) is 0 Å². The Morgan fingerprint density at radius 1 is 1.40 bits per heavy atom. The standard InChI is InChI=1S/C11H11NO3/c13-10(11(14)15)12-6-8-5-7-3-1-2-4-9(7)8/h1-4,8H,5-6H2,(H,12,13)(H,14,15). The lowest BCUT2D eigenvalue weighted by Gasteiger charge is -2.29. The fourth-order valence-corrected chi connectivity index (χ4v) is 1.84. The molecule has 1 aliphatic carbocycles. The second-order valence-corrected chi connectivity index (χ2v) is 3.62. The van der Waals surface area contributed by atoms with Crippen LogP contribution in [-0.4, -0.2) is 23.5 Å². The number of hydrogen-bond donors (Lipinski definition) is 2. The summed E-state index contributed by atoms with van der Waals surface area (Å²) in [7, 11) is 0. The first-order chi connectivity index (χ1) is 7.18. The summed E-state index contributed by atoms with van der Waals surface area (Å²) in [5, 5.41) is 10.8. The van der Waals surface area contributed by atoms with Gasteiger partial charge in [-0.05, 0) is 17.5 Å². The molecule has 0 radical (unpaired) electrons. The van der Waals surface area contributed by atoms with Crippen LogP contribution in [0.5, 0.6) is 0 Å². The van der Waals surface area contributed by atoms with Gasteiger partial charge in [0, 0.05) is 12.5 Å². The van der Waals surface area contributed by atoms with E-state index in [9.17, 15) is 9.59 Å². The van der Waals surface area contributed by atoms with E-state index in [0.29, 0.717) is 6.54 Å². The number of carbonyl (C=O) groups excluding carboxylic acids is 1. The van der Waals surface area contributed by atoms with Crippen LogP contribution in [-0.2, 0) is 16.0 Å². The van der Waals surface area contributed by atoms with E-state index in [1.54, 1.807) is 0 Å². The van der Waals surface area contributed by atoms with Crippen LogP contribution in [0.1, 0.15) is 17.0 Å². The van der Waals surface area contributed by atoms with Crippen molar-refractivity contribution in [2.24, 2.45) is 0 Å². The van der Waals surface area contributed by atoms with E-state index in [0.717, 1.165) is 6.42 Å². The van der Waals surface area contributed by atoms with Crippen molar-refractivity contribution in [3.63, 3.8) is 0 Å². The molecule has 0 bridgehead atoms. The van der Waals surface area contributed by atoms with Crippen LogP contribution in [0.15, 0.2) is 24.3 Å². The molecule has 1 atom stereocenters. The Balaban J connectivity index is 1.90. The molecule has 1 aromatic carbocycles. The number of carboxylic acid groups (broad SMARTS) is 1. The Bertz CT molecular complexity index is 414. The molecule has 15 heavy (non-hydrogen) atoms. The van der Waals surface area contributed by atoms with Crippen LogP contribution in [0.2, 0.25) is 0 Å². The van der Waals surface area contributed by atoms with E-state index in [1.165, 1.54) is 11.1 Å². The topological polar surface area (TPSA) is 66.4 Å². The van der Waals surface area contributed by atoms with Gasteiger partial charge in [0.25, 0.3) is 0 Å². The summed E-state index contributed by atoms with van der Waals surface area (Å²) in [6.07, 6.45) is 0.913. The summed E-state index contributed by atoms with van der Waals surface area (Å²) in [5.41, 5.74) is 2.50. The van der Waals surface area contributed by atoms with Gasteiger partial charge in [-0.15, -0.1) is 0 Å². The van der Waals surface area contributed by atoms with Crippen molar-refractivity contribution in [3.05, 3.63) is 35.4 Å². The Morgan fingerprint density at radius 2 is 2.13 bits per heavy atom. The first kappa shape index (κ1) is 9.71. The van der Waals surface area contributed by atoms with E-state index in [4.69, 9.17) is 5.11 Å². The van der Waals surface area contributed by atoms with Crippen LogP contribution >= 0.6 is 0 Å². The van der Waals surface area contributed by atoms with Crippen LogP contribution < -0.4 is 5.32 Å². The molecule has 0 aromatic heterocycles. The molecule has 1 aromatic rings. The maximum atomic E-state index is 10.8. The van der Waals surface area contributed by atoms with Gasteiger partial charge in [0.15, 0.2) is 0 Å². The zero-order valence-electron chi connectivity index (χ0n) is 8.06. The fourth-order valence-electron chi connectivity index (χ4n) is 1.84. The van der Waals surface area contributed by atoms with Gasteiger partial charge in [-0.3, -0.25) is 4.79 Å². The van der Waals surface area contributed by atoms with Crippen molar-refractivity contribution in [2.75, 3.05) is 6.54 Å². The van der Waals surface area contributed by atoms with Crippen LogP contribution in [0.3, 0.4) is 0 Å². The minimum Gasteiger partial charge on any atom is -0.474 e. The number of rotatable bonds is 2. The lowest BCUT2D eigenvalue weighted by molar-refractivity contribution is -0.150. The first-order valence-corrected chi connectivity index (χ1v) is 4.77. The predicted molar refractivity (Wildman–Crippen MR) is 53.5 cm³/mol. The SMILES string of the molecule is O=C(O)C(=O)NCC1Cc2ccccc21. The molecule has 0 aliphatic heterocycles. The van der Waals surface area contributed by atoms with Gasteiger partial charge >= 0.3 is 11.9 Å². The summed E-state index contributed by atoms with van der Waals surface area (Å²) >= 11 is 0. The van der Waals surface area contributed by atoms with Gasteiger partial charge in [-0.1, -0.05) is 24.3 Å². The van der Waals surface area contributed by atoms with Gasteiger partial charge in [-0.25, -0.2) is 4.79 Å². The molecule has 2 rings (SSSR count). The number of benzene rings is 1. The maximum absolute atomic E-state index is 10.8. The lowest BCUT2D eigenvalue weighted by Crippen LogP contribution is -2.36. The van der Waals surface area contributed by atoms with Crippen molar-refractivity contribution >= 4 is 11.9 Å². The minimum atomic E-state index is -1.43. The van der Waals surface area contributed by atoms with Crippen molar-refractivity contribution in [2.45, 2.75) is 12.3 Å². The smallest absolute Gasteiger partial charge is 0.394 e. The first-order valence-electron chi connectivity index (χ1n) is 4.77. The van der Waals surface area contributed by atoms with Crippen molar-refractivity contribution in [1.29, 1.82) is 0 Å². The number of carbonyl (C=O) groups is 2. The highest BCUT2D eigenvalue weighted by molar-refractivity contribution is 6.31. The lowest BCUT2D eigenvalue weighted by atomic mass is 9.77. The normalized spacial score (nSPS) is 17.5. The highest BCUT2D eigenvalue weighted by Gasteiger charge is 2.26. The van der Waals surface area contributed by atoms with Crippen molar-refractivity contribution in [3.8, 4) is 0 Å². The molecule has 4 heteroatoms. The molecule has 1 aliphatic rings. The number of amides is 1. The molecule has 4 nitrogen and oxygen atoms in total. The van der Waals surface area contributed by atoms with Gasteiger partial charge in [-0.2, -0.15) is 0 Å². The number of carboxylic acids is 1. The van der Waals surface area contributed by atoms with Crippen LogP contribution in [0.4, 0.5) is 0 Å². The quantitative estimate of drug-likeness (QED) is 0.692. The second kappa shape index (κ2) is 3.73. The summed E-state index contributed by atoms with van der Waals surface area (Å²) in [6.45, 7) is 0.405. The number of nitrogens with one attached hydrogen (secondary N) is 1. The second-order valence-electron chi connectivity index (χ2n) is 3.62. The average molecular weight is 205 g/mol. The molecule has 0 fully saturated rings. The van der Waals surface area contributed by atoms with E-state index < -0.39 is 11.9 Å². The van der Waals surface area contributed by atoms with Crippen LogP contribution in [0.25, 0.3) is 0 Å². The molecule has 1 amide bonds. The highest BCUT2D eigenvalue weighted by atomic mass is 16.4. The van der Waals surface area contributed by atoms with E-state index >= 15 is 0 Å². The largest absolute Gasteiger partial charge is 0.474 e. The van der Waals surface area contributed by atoms with Gasteiger partial charge < -0.3 is 10.4 Å². The zero-order chi connectivity index (χ0) is 10.8. The predicted octanol–water partition coefficient (Wildman–Crippen LogP) is 0.527. The third kappa shape index (κ3) is 1.83. The van der Waals surface area contributed by atoms with Crippen LogP contribution in [0, 0.1) is 0 Å². The molecule has 0 saturated heterocycles. The minimum absolute atomic E-state index is 0.268. The Kier molecular flexibility index (Phi) is 2.41. The molecule has 0 saturated carbocycles. The molecule has 1 unspecified atom stereocenters. The Morgan fingerprint density at radius 3 is 2.80 bits per heavy atom. The van der Waals surface area contributed by atoms with E-state index in [2.05, 4.69) is 5.32 Å². The van der Waals surface area contributed by atoms with Crippen molar-refractivity contribution in [1.82, 2.24) is 5.32 Å². The molecule has 78 valence electrons. The molecule has 2 N–H and O–H groups in total. The molecule has 0 spiro atoms. The highest BCUT2D eigenvalue weighted by Crippen LogP contribution is 2.33. The average Bonchev–Trinajstić information content (AvgIpc) is 2.19. The molecular formula is C11H11NO3. The Hall–Kier alpha value is -1.84. The zero-order valence-corrected chi connectivity index (χ0v) is 8.06. The molecule has 0 heterocycles. The van der Waals surface area contributed by atoms with Gasteiger partial charge in [0.1, 0.15) is 0 Å². The third-order valence-corrected chi connectivity index (χ3v) is 2.66. The monoisotopic (exact) mass is 205 g/mol. The maximum Gasteiger partial charge on any atom is 0.394 e. The van der Waals surface area contributed by atoms with Gasteiger partial charge in [0.05, 0.1) is 0 Å². The Labute approximate surface area is 86.9 Å². The number of fused-ring (bicyclic) bond motifs is 1. The van der Waals surface area contributed by atoms with Crippen molar-refractivity contribution < 1.29 is 14.7 Å². The number of aliphatic carboxylic acids is 1. The summed E-state index contributed by atoms with van der Waals surface area (Å²) in [4.78, 5) is 21.0. The number of hydrogen-bond acceptors (Lipinski definition) is 2. The summed E-state index contributed by atoms with van der Waals surface area (Å²) < 4.78 is 0. The summed E-state index contributed by atoms with van der Waals surface area (Å²) in [5.74, 6) is -2.09. The molecular weight excluding hydrogens is 194 g/mol. The fraction of sp³-hybridized carbons (Fsp3) is 0.273. The third-order valence-electron chi connectivity index (χ3n) is 2.66. The van der Waals surface area contributed by atoms with E-state index in [1.807, 2.05) is 24.3 Å². The summed E-state index contributed by atoms with van der Waals surface area (Å²) in [6, 6.07) is 7.98. The van der Waals surface area contributed by atoms with E-state index in [-0.39, 0.29) is 5.92 Å².